The minimum atomic E-state index is -0.0832. The number of benzene rings is 1. The number of carbonyl (C=O) groups is 1. The molecule has 0 bridgehead atoms. The molecule has 33 heavy (non-hydrogen) atoms. The molecule has 1 aliphatic rings. The summed E-state index contributed by atoms with van der Waals surface area (Å²) in [6, 6.07) is 15.7. The first-order valence-corrected chi connectivity index (χ1v) is 11.4. The minimum Gasteiger partial charge on any atom is -0.310 e. The lowest BCUT2D eigenvalue weighted by Crippen LogP contribution is -2.15. The van der Waals surface area contributed by atoms with E-state index in [1.54, 1.807) is 12.4 Å². The Morgan fingerprint density at radius 1 is 1.03 bits per heavy atom. The highest BCUT2D eigenvalue weighted by atomic mass is 16.1. The number of nitrogens with one attached hydrogen (secondary N) is 1. The number of hydrogen-bond acceptors (Lipinski definition) is 3. The van der Waals surface area contributed by atoms with E-state index < -0.39 is 0 Å². The third-order valence-electron chi connectivity index (χ3n) is 5.82. The van der Waals surface area contributed by atoms with E-state index in [0.717, 1.165) is 29.7 Å². The molecular weight excluding hydrogens is 406 g/mol. The molecule has 0 spiro atoms. The van der Waals surface area contributed by atoms with Crippen molar-refractivity contribution in [1.82, 2.24) is 9.97 Å². The first kappa shape index (κ1) is 22.4. The van der Waals surface area contributed by atoms with Crippen molar-refractivity contribution >= 4 is 17.3 Å². The highest BCUT2D eigenvalue weighted by molar-refractivity contribution is 5.91. The summed E-state index contributed by atoms with van der Waals surface area (Å²) in [6.07, 6.45) is 12.6. The molecule has 0 radical (unpaired) electrons. The maximum atomic E-state index is 12.6. The predicted molar refractivity (Wildman–Crippen MR) is 136 cm³/mol. The topological polar surface area (TPSA) is 54.9 Å². The smallest absolute Gasteiger partial charge is 0.229 e. The average Bonchev–Trinajstić information content (AvgIpc) is 3.01. The van der Waals surface area contributed by atoms with Crippen LogP contribution in [0.1, 0.15) is 43.4 Å². The summed E-state index contributed by atoms with van der Waals surface area (Å²) in [5.41, 5.74) is 9.18. The summed E-state index contributed by atoms with van der Waals surface area (Å²) in [5.74, 6) is 0.455. The maximum Gasteiger partial charge on any atom is 0.229 e. The van der Waals surface area contributed by atoms with Crippen LogP contribution in [0.4, 0.5) is 5.82 Å². The monoisotopic (exact) mass is 435 g/mol. The molecule has 3 aromatic rings. The summed E-state index contributed by atoms with van der Waals surface area (Å²) in [5, 5.41) is 2.89. The van der Waals surface area contributed by atoms with Crippen LogP contribution >= 0.6 is 0 Å². The van der Waals surface area contributed by atoms with Crippen LogP contribution in [0.5, 0.6) is 0 Å². The molecule has 1 aliphatic carbocycles. The van der Waals surface area contributed by atoms with E-state index in [1.807, 2.05) is 36.4 Å². The Kier molecular flexibility index (Phi) is 6.94. The van der Waals surface area contributed by atoms with Gasteiger partial charge in [-0.1, -0.05) is 60.6 Å². The Morgan fingerprint density at radius 2 is 1.91 bits per heavy atom. The SMILES string of the molecule is CCC1=CC=C(c2ccc(CC(=O)Nc3ccc(-c4ccccn4)cn3)cc2C)C=C(C)C1. The van der Waals surface area contributed by atoms with Gasteiger partial charge in [-0.2, -0.15) is 0 Å². The number of anilines is 1. The molecule has 2 aromatic heterocycles. The zero-order chi connectivity index (χ0) is 23.2. The number of amides is 1. The van der Waals surface area contributed by atoms with Gasteiger partial charge in [-0.25, -0.2) is 4.98 Å². The number of carbonyl (C=O) groups excluding carboxylic acids is 1. The van der Waals surface area contributed by atoms with E-state index in [9.17, 15) is 4.79 Å². The summed E-state index contributed by atoms with van der Waals surface area (Å²) < 4.78 is 0. The second-order valence-electron chi connectivity index (χ2n) is 8.49. The van der Waals surface area contributed by atoms with Crippen molar-refractivity contribution in [2.45, 2.75) is 40.0 Å². The van der Waals surface area contributed by atoms with Crippen LogP contribution in [0, 0.1) is 6.92 Å². The molecule has 0 aliphatic heterocycles. The quantitative estimate of drug-likeness (QED) is 0.468. The largest absolute Gasteiger partial charge is 0.310 e. The standard InChI is InChI=1S/C29H29N3O/c1-4-22-8-10-24(16-20(2)15-22)26-12-9-23(17-21(26)3)18-29(33)32-28-13-11-25(19-31-28)27-7-5-6-14-30-27/h5-14,16-17,19H,4,15,18H2,1-3H3,(H,31,32,33). The van der Waals surface area contributed by atoms with Crippen molar-refractivity contribution < 1.29 is 4.79 Å². The first-order valence-electron chi connectivity index (χ1n) is 11.4. The number of allylic oxidation sites excluding steroid dienone is 6. The number of pyridine rings is 2. The van der Waals surface area contributed by atoms with Crippen molar-refractivity contribution in [2.24, 2.45) is 0 Å². The van der Waals surface area contributed by atoms with Crippen LogP contribution in [0.2, 0.25) is 0 Å². The number of nitrogens with zero attached hydrogens (tertiary/aromatic N) is 2. The number of aromatic nitrogens is 2. The molecule has 166 valence electrons. The molecule has 0 fully saturated rings. The molecule has 1 N–H and O–H groups in total. The van der Waals surface area contributed by atoms with Crippen LogP contribution in [-0.2, 0) is 11.2 Å². The van der Waals surface area contributed by atoms with Gasteiger partial charge in [0.15, 0.2) is 0 Å². The molecule has 0 saturated heterocycles. The molecule has 1 aromatic carbocycles. The van der Waals surface area contributed by atoms with Gasteiger partial charge in [-0.05, 0) is 73.2 Å². The molecule has 4 rings (SSSR count). The maximum absolute atomic E-state index is 12.6. The average molecular weight is 436 g/mol. The predicted octanol–water partition coefficient (Wildman–Crippen LogP) is 6.70. The second kappa shape index (κ2) is 10.2. The Balaban J connectivity index is 1.43. The number of rotatable bonds is 6. The Labute approximate surface area is 195 Å². The van der Waals surface area contributed by atoms with Gasteiger partial charge in [0.1, 0.15) is 5.82 Å². The number of aryl methyl sites for hydroxylation is 1. The van der Waals surface area contributed by atoms with Gasteiger partial charge in [0.25, 0.3) is 0 Å². The fourth-order valence-corrected chi connectivity index (χ4v) is 4.08. The summed E-state index contributed by atoms with van der Waals surface area (Å²) >= 11 is 0. The summed E-state index contributed by atoms with van der Waals surface area (Å²) in [6.45, 7) is 6.50. The van der Waals surface area contributed by atoms with Crippen LogP contribution in [-0.4, -0.2) is 15.9 Å². The van der Waals surface area contributed by atoms with E-state index in [1.165, 1.54) is 27.8 Å². The molecule has 2 heterocycles. The minimum absolute atomic E-state index is 0.0832. The molecule has 0 saturated carbocycles. The molecule has 1 amide bonds. The van der Waals surface area contributed by atoms with Crippen molar-refractivity contribution in [3.05, 3.63) is 107 Å². The van der Waals surface area contributed by atoms with E-state index in [0.29, 0.717) is 12.2 Å². The fraction of sp³-hybridized carbons (Fsp3) is 0.207. The third-order valence-corrected chi connectivity index (χ3v) is 5.82. The Morgan fingerprint density at radius 3 is 2.61 bits per heavy atom. The lowest BCUT2D eigenvalue weighted by Gasteiger charge is -2.11. The Hall–Kier alpha value is -3.79. The van der Waals surface area contributed by atoms with Crippen LogP contribution in [0.3, 0.4) is 0 Å². The van der Waals surface area contributed by atoms with Crippen LogP contribution < -0.4 is 5.32 Å². The van der Waals surface area contributed by atoms with Gasteiger partial charge in [0, 0.05) is 18.0 Å². The lowest BCUT2D eigenvalue weighted by molar-refractivity contribution is -0.115. The van der Waals surface area contributed by atoms with E-state index in [4.69, 9.17) is 0 Å². The molecule has 0 unspecified atom stereocenters. The van der Waals surface area contributed by atoms with Gasteiger partial charge in [-0.15, -0.1) is 0 Å². The molecule has 0 atom stereocenters. The van der Waals surface area contributed by atoms with Crippen molar-refractivity contribution in [1.29, 1.82) is 0 Å². The summed E-state index contributed by atoms with van der Waals surface area (Å²) in [4.78, 5) is 21.3. The highest BCUT2D eigenvalue weighted by Gasteiger charge is 2.11. The molecule has 4 heteroatoms. The van der Waals surface area contributed by atoms with Crippen molar-refractivity contribution in [3.63, 3.8) is 0 Å². The highest BCUT2D eigenvalue weighted by Crippen LogP contribution is 2.28. The van der Waals surface area contributed by atoms with Crippen molar-refractivity contribution in [2.75, 3.05) is 5.32 Å². The van der Waals surface area contributed by atoms with E-state index >= 15 is 0 Å². The van der Waals surface area contributed by atoms with E-state index in [-0.39, 0.29) is 5.91 Å². The fourth-order valence-electron chi connectivity index (χ4n) is 4.08. The van der Waals surface area contributed by atoms with Crippen LogP contribution in [0.25, 0.3) is 16.8 Å². The molecule has 4 nitrogen and oxygen atoms in total. The summed E-state index contributed by atoms with van der Waals surface area (Å²) in [7, 11) is 0. The second-order valence-corrected chi connectivity index (χ2v) is 8.49. The van der Waals surface area contributed by atoms with E-state index in [2.05, 4.69) is 66.4 Å². The van der Waals surface area contributed by atoms with Gasteiger partial charge >= 0.3 is 0 Å². The van der Waals surface area contributed by atoms with Crippen molar-refractivity contribution in [3.8, 4) is 11.3 Å². The van der Waals surface area contributed by atoms with Gasteiger partial charge < -0.3 is 5.32 Å². The normalized spacial score (nSPS) is 13.5. The van der Waals surface area contributed by atoms with Gasteiger partial charge in [0.2, 0.25) is 5.91 Å². The lowest BCUT2D eigenvalue weighted by atomic mass is 9.96. The zero-order valence-electron chi connectivity index (χ0n) is 19.4. The van der Waals surface area contributed by atoms with Gasteiger partial charge in [-0.3, -0.25) is 9.78 Å². The zero-order valence-corrected chi connectivity index (χ0v) is 19.4. The number of hydrogen-bond donors (Lipinski definition) is 1. The first-order chi connectivity index (χ1) is 16.0. The molecular formula is C29H29N3O. The van der Waals surface area contributed by atoms with Crippen LogP contribution in [0.15, 0.2) is 90.3 Å². The third kappa shape index (κ3) is 5.72. The van der Waals surface area contributed by atoms with Gasteiger partial charge in [0.05, 0.1) is 12.1 Å². The Bertz CT molecular complexity index is 1240.